The molecule has 0 radical (unpaired) electrons. The molecule has 1 amide bonds. The van der Waals surface area contributed by atoms with Crippen molar-refractivity contribution in [2.24, 2.45) is 5.92 Å². The minimum Gasteiger partial charge on any atom is -0.452 e. The third-order valence-electron chi connectivity index (χ3n) is 5.02. The number of esters is 1. The molecule has 25 heavy (non-hydrogen) atoms. The number of carbonyl (C=O) groups is 2. The van der Waals surface area contributed by atoms with E-state index in [4.69, 9.17) is 4.74 Å². The summed E-state index contributed by atoms with van der Waals surface area (Å²) in [5.41, 5.74) is 1.54. The first kappa shape index (κ1) is 19.3. The van der Waals surface area contributed by atoms with Crippen molar-refractivity contribution in [3.63, 3.8) is 0 Å². The zero-order valence-corrected chi connectivity index (χ0v) is 15.6. The first-order valence-electron chi connectivity index (χ1n) is 9.36. The second kappa shape index (κ2) is 9.44. The zero-order valence-electron chi connectivity index (χ0n) is 15.6. The van der Waals surface area contributed by atoms with Crippen LogP contribution < -0.4 is 10.2 Å². The molecule has 2 atom stereocenters. The lowest BCUT2D eigenvalue weighted by atomic mass is 9.86. The molecule has 5 heteroatoms. The van der Waals surface area contributed by atoms with Crippen LogP contribution in [0.25, 0.3) is 0 Å². The molecule has 0 unspecified atom stereocenters. The van der Waals surface area contributed by atoms with Gasteiger partial charge < -0.3 is 15.0 Å². The van der Waals surface area contributed by atoms with Gasteiger partial charge in [-0.3, -0.25) is 4.79 Å². The van der Waals surface area contributed by atoms with Crippen LogP contribution in [0.5, 0.6) is 0 Å². The fourth-order valence-corrected chi connectivity index (χ4v) is 3.39. The summed E-state index contributed by atoms with van der Waals surface area (Å²) in [6, 6.07) is 7.52. The Morgan fingerprint density at radius 1 is 1.12 bits per heavy atom. The van der Waals surface area contributed by atoms with Gasteiger partial charge in [-0.1, -0.05) is 19.8 Å². The van der Waals surface area contributed by atoms with Crippen molar-refractivity contribution in [3.8, 4) is 0 Å². The van der Waals surface area contributed by atoms with Crippen molar-refractivity contribution in [2.45, 2.75) is 52.5 Å². The Labute approximate surface area is 150 Å². The molecule has 2 rings (SSSR count). The number of nitrogens with zero attached hydrogens (tertiary/aromatic N) is 1. The molecule has 5 nitrogen and oxygen atoms in total. The molecule has 0 bridgehead atoms. The number of rotatable bonds is 7. The maximum atomic E-state index is 12.1. The van der Waals surface area contributed by atoms with Crippen LogP contribution in [-0.2, 0) is 9.53 Å². The molecule has 1 aromatic rings. The molecule has 0 spiro atoms. The van der Waals surface area contributed by atoms with Gasteiger partial charge in [-0.05, 0) is 56.9 Å². The minimum absolute atomic E-state index is 0.202. The molecule has 1 aliphatic rings. The Balaban J connectivity index is 1.82. The zero-order chi connectivity index (χ0) is 18.2. The monoisotopic (exact) mass is 346 g/mol. The number of amides is 1. The van der Waals surface area contributed by atoms with Gasteiger partial charge in [-0.25, -0.2) is 4.79 Å². The highest BCUT2D eigenvalue weighted by atomic mass is 16.5. The highest BCUT2D eigenvalue weighted by Crippen LogP contribution is 2.23. The molecule has 1 N–H and O–H groups in total. The Kier molecular flexibility index (Phi) is 7.29. The van der Waals surface area contributed by atoms with E-state index in [1.807, 2.05) is 12.1 Å². The molecule has 0 aliphatic heterocycles. The Morgan fingerprint density at radius 2 is 1.76 bits per heavy atom. The van der Waals surface area contributed by atoms with Crippen LogP contribution in [0.4, 0.5) is 5.69 Å². The molecular formula is C20H30N2O3. The van der Waals surface area contributed by atoms with Crippen LogP contribution in [-0.4, -0.2) is 37.6 Å². The van der Waals surface area contributed by atoms with E-state index in [1.54, 1.807) is 12.1 Å². The van der Waals surface area contributed by atoms with Gasteiger partial charge in [0.2, 0.25) is 0 Å². The maximum Gasteiger partial charge on any atom is 0.338 e. The fraction of sp³-hybridized carbons (Fsp3) is 0.600. The van der Waals surface area contributed by atoms with Gasteiger partial charge in [0, 0.05) is 24.8 Å². The quantitative estimate of drug-likeness (QED) is 0.769. The van der Waals surface area contributed by atoms with Crippen LogP contribution in [0, 0.1) is 5.92 Å². The summed E-state index contributed by atoms with van der Waals surface area (Å²) in [6.45, 7) is 7.96. The van der Waals surface area contributed by atoms with Gasteiger partial charge in [0.25, 0.3) is 5.91 Å². The van der Waals surface area contributed by atoms with Gasteiger partial charge in [0.05, 0.1) is 5.56 Å². The van der Waals surface area contributed by atoms with Crippen molar-refractivity contribution >= 4 is 17.6 Å². The first-order chi connectivity index (χ1) is 12.0. The van der Waals surface area contributed by atoms with Gasteiger partial charge in [0.15, 0.2) is 6.61 Å². The van der Waals surface area contributed by atoms with Crippen LogP contribution >= 0.6 is 0 Å². The van der Waals surface area contributed by atoms with Gasteiger partial charge in [0.1, 0.15) is 0 Å². The van der Waals surface area contributed by atoms with Crippen molar-refractivity contribution in [3.05, 3.63) is 29.8 Å². The predicted octanol–water partition coefficient (Wildman–Crippen LogP) is 3.38. The van der Waals surface area contributed by atoms with Gasteiger partial charge >= 0.3 is 5.97 Å². The highest BCUT2D eigenvalue weighted by Gasteiger charge is 2.23. The predicted molar refractivity (Wildman–Crippen MR) is 99.8 cm³/mol. The molecule has 1 aromatic carbocycles. The number of anilines is 1. The standard InChI is InChI=1S/C20H30N2O3/c1-4-22(5-2)17-12-10-16(11-13-17)20(24)25-14-19(23)21-18-9-7-6-8-15(18)3/h10-13,15,18H,4-9,14H2,1-3H3,(H,21,23)/t15-,18+/m1/s1. The van der Waals surface area contributed by atoms with Crippen LogP contribution in [0.15, 0.2) is 24.3 Å². The molecule has 1 saturated carbocycles. The summed E-state index contributed by atoms with van der Waals surface area (Å²) in [6.07, 6.45) is 4.53. The highest BCUT2D eigenvalue weighted by molar-refractivity contribution is 5.91. The third-order valence-corrected chi connectivity index (χ3v) is 5.02. The van der Waals surface area contributed by atoms with Crippen molar-refractivity contribution in [1.29, 1.82) is 0 Å². The van der Waals surface area contributed by atoms with Gasteiger partial charge in [-0.15, -0.1) is 0 Å². The van der Waals surface area contributed by atoms with E-state index < -0.39 is 5.97 Å². The normalized spacial score (nSPS) is 20.0. The average molecular weight is 346 g/mol. The lowest BCUT2D eigenvalue weighted by molar-refractivity contribution is -0.125. The molecule has 0 aromatic heterocycles. The number of hydrogen-bond acceptors (Lipinski definition) is 4. The number of hydrogen-bond donors (Lipinski definition) is 1. The van der Waals surface area contributed by atoms with E-state index >= 15 is 0 Å². The number of nitrogens with one attached hydrogen (secondary N) is 1. The second-order valence-electron chi connectivity index (χ2n) is 6.73. The van der Waals surface area contributed by atoms with Crippen LogP contribution in [0.2, 0.25) is 0 Å². The van der Waals surface area contributed by atoms with Crippen LogP contribution in [0.3, 0.4) is 0 Å². The van der Waals surface area contributed by atoms with E-state index in [0.717, 1.165) is 38.0 Å². The largest absolute Gasteiger partial charge is 0.452 e. The smallest absolute Gasteiger partial charge is 0.338 e. The molecule has 1 aliphatic carbocycles. The van der Waals surface area contributed by atoms with Crippen molar-refractivity contribution in [1.82, 2.24) is 5.32 Å². The Bertz CT molecular complexity index is 567. The van der Waals surface area contributed by atoms with Crippen molar-refractivity contribution in [2.75, 3.05) is 24.6 Å². The molecule has 138 valence electrons. The topological polar surface area (TPSA) is 58.6 Å². The second-order valence-corrected chi connectivity index (χ2v) is 6.73. The van der Waals surface area contributed by atoms with E-state index in [0.29, 0.717) is 11.5 Å². The number of benzene rings is 1. The summed E-state index contributed by atoms with van der Waals surface area (Å²) in [4.78, 5) is 26.3. The minimum atomic E-state index is -0.460. The summed E-state index contributed by atoms with van der Waals surface area (Å²) in [5, 5.41) is 2.99. The lowest BCUT2D eigenvalue weighted by Gasteiger charge is -2.29. The SMILES string of the molecule is CCN(CC)c1ccc(C(=O)OCC(=O)N[C@H]2CCCC[C@H]2C)cc1. The maximum absolute atomic E-state index is 12.1. The molecule has 0 heterocycles. The van der Waals surface area contributed by atoms with E-state index in [9.17, 15) is 9.59 Å². The average Bonchev–Trinajstić information content (AvgIpc) is 2.63. The molecular weight excluding hydrogens is 316 g/mol. The summed E-state index contributed by atoms with van der Waals surface area (Å²) in [7, 11) is 0. The van der Waals surface area contributed by atoms with E-state index in [2.05, 4.69) is 31.0 Å². The van der Waals surface area contributed by atoms with Gasteiger partial charge in [-0.2, -0.15) is 0 Å². The van der Waals surface area contributed by atoms with E-state index in [1.165, 1.54) is 6.42 Å². The fourth-order valence-electron chi connectivity index (χ4n) is 3.39. The van der Waals surface area contributed by atoms with E-state index in [-0.39, 0.29) is 18.6 Å². The number of carbonyl (C=O) groups excluding carboxylic acids is 2. The third kappa shape index (κ3) is 5.48. The first-order valence-corrected chi connectivity index (χ1v) is 9.36. The van der Waals surface area contributed by atoms with Crippen LogP contribution in [0.1, 0.15) is 56.8 Å². The number of ether oxygens (including phenoxy) is 1. The Morgan fingerprint density at radius 3 is 2.36 bits per heavy atom. The van der Waals surface area contributed by atoms with Crippen molar-refractivity contribution < 1.29 is 14.3 Å². The summed E-state index contributed by atoms with van der Waals surface area (Å²) < 4.78 is 5.16. The molecule has 1 fully saturated rings. The molecule has 0 saturated heterocycles. The Hall–Kier alpha value is -2.04. The lowest BCUT2D eigenvalue weighted by Crippen LogP contribution is -2.42. The summed E-state index contributed by atoms with van der Waals surface area (Å²) in [5.74, 6) is -0.189. The summed E-state index contributed by atoms with van der Waals surface area (Å²) >= 11 is 0.